The number of fused-ring (bicyclic) bond motifs is 4. The summed E-state index contributed by atoms with van der Waals surface area (Å²) in [6, 6.07) is 13.9. The molecule has 6 N–H and O–H groups in total. The molecule has 1 aliphatic carbocycles. The molecule has 12 heteroatoms. The van der Waals surface area contributed by atoms with E-state index < -0.39 is 30.1 Å². The second kappa shape index (κ2) is 16.2. The van der Waals surface area contributed by atoms with Crippen LogP contribution in [0.1, 0.15) is 72.4 Å². The number of ether oxygens (including phenoxy) is 3. The Morgan fingerprint density at radius 3 is 2.27 bits per heavy atom. The van der Waals surface area contributed by atoms with Crippen molar-refractivity contribution in [1.82, 2.24) is 5.32 Å². The molecular weight excluding hydrogens is 667 g/mol. The molecule has 11 nitrogen and oxygen atoms in total. The minimum atomic E-state index is -1.17. The highest BCUT2D eigenvalue weighted by Gasteiger charge is 2.35. The third-order valence-electron chi connectivity index (χ3n) is 9.60. The zero-order valence-electron chi connectivity index (χ0n) is 30.3. The SMILES string of the molecule is CSCC[C@H](N)C(=O)OC(=O)[C@H](CCCN=C(N)Nc1c(C)c(C)c2c(c1C)CC(C)(C)O2)NC(=O)OCC1c2ccccc2-c2ccccc21. The van der Waals surface area contributed by atoms with Gasteiger partial charge in [0, 0.05) is 30.1 Å². The maximum Gasteiger partial charge on any atom is 0.407 e. The lowest BCUT2D eigenvalue weighted by molar-refractivity contribution is -0.162. The van der Waals surface area contributed by atoms with E-state index in [0.717, 1.165) is 62.4 Å². The molecule has 0 saturated heterocycles. The van der Waals surface area contributed by atoms with Gasteiger partial charge in [0.15, 0.2) is 5.96 Å². The van der Waals surface area contributed by atoms with E-state index >= 15 is 0 Å². The Balaban J connectivity index is 1.23. The molecule has 0 radical (unpaired) electrons. The van der Waals surface area contributed by atoms with Crippen molar-refractivity contribution in [3.05, 3.63) is 81.9 Å². The van der Waals surface area contributed by atoms with Gasteiger partial charge < -0.3 is 36.3 Å². The highest BCUT2D eigenvalue weighted by Crippen LogP contribution is 2.45. The molecule has 0 saturated carbocycles. The van der Waals surface area contributed by atoms with Crippen LogP contribution < -0.4 is 26.8 Å². The lowest BCUT2D eigenvalue weighted by atomic mass is 9.92. The Morgan fingerprint density at radius 1 is 0.980 bits per heavy atom. The van der Waals surface area contributed by atoms with Crippen molar-refractivity contribution < 1.29 is 28.6 Å². The highest BCUT2D eigenvalue weighted by atomic mass is 32.2. The van der Waals surface area contributed by atoms with Gasteiger partial charge >= 0.3 is 18.0 Å². The van der Waals surface area contributed by atoms with Gasteiger partial charge in [0.25, 0.3) is 0 Å². The van der Waals surface area contributed by atoms with E-state index in [2.05, 4.69) is 41.6 Å². The van der Waals surface area contributed by atoms with Crippen LogP contribution in [0.5, 0.6) is 5.75 Å². The number of anilines is 1. The molecule has 2 atom stereocenters. The van der Waals surface area contributed by atoms with E-state index in [1.165, 1.54) is 11.8 Å². The van der Waals surface area contributed by atoms with Gasteiger partial charge in [-0.2, -0.15) is 11.8 Å². The number of nitrogens with two attached hydrogens (primary N) is 2. The lowest BCUT2D eigenvalue weighted by Crippen LogP contribution is -2.45. The Kier molecular flexibility index (Phi) is 12.0. The van der Waals surface area contributed by atoms with E-state index in [9.17, 15) is 14.4 Å². The summed E-state index contributed by atoms with van der Waals surface area (Å²) in [6.45, 7) is 10.6. The standard InChI is InChI=1S/C39H49N5O6S/c1-22-23(2)34-29(20-39(4,5)50-34)24(3)33(22)44-37(41)42-18-11-16-32(36(46)49-35(45)31(40)17-19-51-6)43-38(47)48-21-30-27-14-9-7-12-25(27)26-13-8-10-15-28(26)30/h7-10,12-15,30-32H,11,16-21,40H2,1-6H3,(H,43,47)(H3,41,42,44)/t31-,32-/m0/s1. The second-order valence-corrected chi connectivity index (χ2v) is 14.8. The minimum absolute atomic E-state index is 0.0667. The molecule has 1 heterocycles. The number of nitrogens with zero attached hydrogens (tertiary/aromatic N) is 1. The Hall–Kier alpha value is -4.55. The van der Waals surface area contributed by atoms with E-state index in [0.29, 0.717) is 18.6 Å². The molecule has 0 bridgehead atoms. The summed E-state index contributed by atoms with van der Waals surface area (Å²) in [7, 11) is 0. The topological polar surface area (TPSA) is 167 Å². The van der Waals surface area contributed by atoms with Gasteiger partial charge in [-0.15, -0.1) is 0 Å². The summed E-state index contributed by atoms with van der Waals surface area (Å²) in [5.41, 5.74) is 21.5. The van der Waals surface area contributed by atoms with E-state index in [1.807, 2.05) is 63.4 Å². The van der Waals surface area contributed by atoms with Crippen LogP contribution in [0, 0.1) is 20.8 Å². The van der Waals surface area contributed by atoms with Crippen LogP contribution in [-0.4, -0.2) is 66.8 Å². The van der Waals surface area contributed by atoms with Crippen molar-refractivity contribution in [1.29, 1.82) is 0 Å². The Morgan fingerprint density at radius 2 is 1.63 bits per heavy atom. The van der Waals surface area contributed by atoms with E-state index in [1.54, 1.807) is 0 Å². The number of benzene rings is 3. The predicted octanol–water partition coefficient (Wildman–Crippen LogP) is 5.89. The summed E-state index contributed by atoms with van der Waals surface area (Å²) in [6.07, 6.45) is 2.71. The molecule has 3 aromatic rings. The molecule has 0 unspecified atom stereocenters. The number of guanidine groups is 1. The van der Waals surface area contributed by atoms with Crippen LogP contribution in [0.2, 0.25) is 0 Å². The average molecular weight is 716 g/mol. The number of thioether (sulfide) groups is 1. The lowest BCUT2D eigenvalue weighted by Gasteiger charge is -2.20. The molecular formula is C39H49N5O6S. The number of esters is 2. The van der Waals surface area contributed by atoms with E-state index in [4.69, 9.17) is 25.7 Å². The predicted molar refractivity (Wildman–Crippen MR) is 202 cm³/mol. The normalized spacial score (nSPS) is 15.5. The largest absolute Gasteiger partial charge is 0.487 e. The van der Waals surface area contributed by atoms with Crippen LogP contribution >= 0.6 is 11.8 Å². The first-order valence-electron chi connectivity index (χ1n) is 17.3. The van der Waals surface area contributed by atoms with Crippen LogP contribution in [0.3, 0.4) is 0 Å². The van der Waals surface area contributed by atoms with Gasteiger partial charge in [-0.05, 0) is 105 Å². The number of carbonyl (C=O) groups excluding carboxylic acids is 3. The molecule has 272 valence electrons. The van der Waals surface area contributed by atoms with Crippen molar-refractivity contribution in [2.24, 2.45) is 16.5 Å². The zero-order valence-corrected chi connectivity index (χ0v) is 31.1. The number of nitrogens with one attached hydrogen (secondary N) is 2. The average Bonchev–Trinajstić information content (AvgIpc) is 3.62. The molecule has 51 heavy (non-hydrogen) atoms. The van der Waals surface area contributed by atoms with Gasteiger partial charge in [0.1, 0.15) is 30.0 Å². The Bertz CT molecular complexity index is 1780. The molecule has 1 amide bonds. The summed E-state index contributed by atoms with van der Waals surface area (Å²) < 4.78 is 17.0. The molecule has 0 fully saturated rings. The zero-order chi connectivity index (χ0) is 36.9. The fourth-order valence-electron chi connectivity index (χ4n) is 6.77. The first-order chi connectivity index (χ1) is 24.3. The Labute approximate surface area is 304 Å². The summed E-state index contributed by atoms with van der Waals surface area (Å²) in [5.74, 6) is -0.124. The van der Waals surface area contributed by atoms with Crippen molar-refractivity contribution >= 4 is 41.4 Å². The number of carbonyl (C=O) groups is 3. The number of hydrogen-bond donors (Lipinski definition) is 4. The summed E-state index contributed by atoms with van der Waals surface area (Å²) in [4.78, 5) is 43.4. The molecule has 3 aromatic carbocycles. The third-order valence-corrected chi connectivity index (χ3v) is 10.2. The second-order valence-electron chi connectivity index (χ2n) is 13.8. The molecule has 5 rings (SSSR count). The van der Waals surface area contributed by atoms with Gasteiger partial charge in [-0.25, -0.2) is 14.4 Å². The summed E-state index contributed by atoms with van der Waals surface area (Å²) >= 11 is 1.53. The number of hydrogen-bond acceptors (Lipinski definition) is 9. The smallest absolute Gasteiger partial charge is 0.407 e. The molecule has 0 spiro atoms. The van der Waals surface area contributed by atoms with Gasteiger partial charge in [0.05, 0.1) is 0 Å². The summed E-state index contributed by atoms with van der Waals surface area (Å²) in [5, 5.41) is 5.88. The number of alkyl carbamates (subject to hydrolysis) is 1. The number of aliphatic imine (C=N–C) groups is 1. The first-order valence-corrected chi connectivity index (χ1v) is 18.7. The third kappa shape index (κ3) is 8.68. The van der Waals surface area contributed by atoms with Crippen LogP contribution in [0.25, 0.3) is 11.1 Å². The fourth-order valence-corrected chi connectivity index (χ4v) is 7.26. The fraction of sp³-hybridized carbons (Fsp3) is 0.436. The quantitative estimate of drug-likeness (QED) is 0.0551. The van der Waals surface area contributed by atoms with Crippen LogP contribution in [0.4, 0.5) is 10.5 Å². The maximum absolute atomic E-state index is 13.2. The number of rotatable bonds is 13. The molecule has 2 aliphatic rings. The van der Waals surface area contributed by atoms with Gasteiger partial charge in [-0.3, -0.25) is 4.99 Å². The molecule has 0 aromatic heterocycles. The van der Waals surface area contributed by atoms with Gasteiger partial charge in [-0.1, -0.05) is 48.5 Å². The van der Waals surface area contributed by atoms with Crippen LogP contribution in [0.15, 0.2) is 53.5 Å². The van der Waals surface area contributed by atoms with Crippen molar-refractivity contribution in [3.63, 3.8) is 0 Å². The highest BCUT2D eigenvalue weighted by molar-refractivity contribution is 7.98. The monoisotopic (exact) mass is 715 g/mol. The van der Waals surface area contributed by atoms with Crippen molar-refractivity contribution in [2.45, 2.75) is 83.9 Å². The van der Waals surface area contributed by atoms with Crippen molar-refractivity contribution in [2.75, 3.05) is 30.5 Å². The van der Waals surface area contributed by atoms with Crippen molar-refractivity contribution in [3.8, 4) is 16.9 Å². The molecule has 1 aliphatic heterocycles. The maximum atomic E-state index is 13.2. The van der Waals surface area contributed by atoms with E-state index in [-0.39, 0.29) is 37.1 Å². The first kappa shape index (κ1) is 37.7. The van der Waals surface area contributed by atoms with Gasteiger partial charge in [0.2, 0.25) is 0 Å². The minimum Gasteiger partial charge on any atom is -0.487 e. The number of amides is 1. The van der Waals surface area contributed by atoms with Crippen LogP contribution in [-0.2, 0) is 25.5 Å².